The molecule has 0 bridgehead atoms. The van der Waals surface area contributed by atoms with Crippen molar-refractivity contribution >= 4 is 22.0 Å². The number of rotatable bonds is 7. The maximum atomic E-state index is 12.2. The Morgan fingerprint density at radius 1 is 1.26 bits per heavy atom. The van der Waals surface area contributed by atoms with Gasteiger partial charge in [-0.25, -0.2) is 17.5 Å². The van der Waals surface area contributed by atoms with E-state index in [2.05, 4.69) is 0 Å². The van der Waals surface area contributed by atoms with Gasteiger partial charge in [0.15, 0.2) is 0 Å². The quantitative estimate of drug-likeness (QED) is 0.745. The molecule has 0 atom stereocenters. The first-order valence-corrected chi connectivity index (χ1v) is 8.88. The molecule has 126 valence electrons. The van der Waals surface area contributed by atoms with Gasteiger partial charge in [0.2, 0.25) is 10.0 Å². The lowest BCUT2D eigenvalue weighted by Gasteiger charge is -2.37. The summed E-state index contributed by atoms with van der Waals surface area (Å²) in [6.07, 6.45) is -0.0136. The summed E-state index contributed by atoms with van der Waals surface area (Å²) in [7, 11) is -3.46. The zero-order chi connectivity index (χ0) is 17.0. The number of benzene rings is 1. The molecule has 1 heterocycles. The van der Waals surface area contributed by atoms with Crippen LogP contribution in [0.1, 0.15) is 29.3 Å². The van der Waals surface area contributed by atoms with Crippen LogP contribution in [0.2, 0.25) is 0 Å². The Morgan fingerprint density at radius 2 is 1.87 bits per heavy atom. The van der Waals surface area contributed by atoms with E-state index in [1.165, 1.54) is 16.4 Å². The van der Waals surface area contributed by atoms with Crippen LogP contribution in [0.15, 0.2) is 24.3 Å². The van der Waals surface area contributed by atoms with Gasteiger partial charge in [-0.05, 0) is 30.5 Å². The number of hydrogen-bond donors (Lipinski definition) is 1. The number of aliphatic carboxylic acids is 1. The highest BCUT2D eigenvalue weighted by atomic mass is 32.2. The molecule has 1 aromatic rings. The average molecular weight is 341 g/mol. The van der Waals surface area contributed by atoms with E-state index in [1.54, 1.807) is 19.1 Å². The summed E-state index contributed by atoms with van der Waals surface area (Å²) in [6.45, 7) is 2.48. The SMILES string of the molecule is CCOC(=O)c1ccc(CS(=O)(=O)N2CC(CC(=O)O)C2)cc1. The fraction of sp³-hybridized carbons (Fsp3) is 0.467. The molecule has 0 aromatic heterocycles. The minimum absolute atomic E-state index is 0.0136. The number of carboxylic acid groups (broad SMARTS) is 1. The highest BCUT2D eigenvalue weighted by molar-refractivity contribution is 7.88. The number of hydrogen-bond acceptors (Lipinski definition) is 5. The van der Waals surface area contributed by atoms with Crippen LogP contribution in [-0.4, -0.2) is 49.5 Å². The Kier molecular flexibility index (Phi) is 5.38. The van der Waals surface area contributed by atoms with Gasteiger partial charge in [0, 0.05) is 13.1 Å². The largest absolute Gasteiger partial charge is 0.481 e. The molecule has 1 aliphatic heterocycles. The Morgan fingerprint density at radius 3 is 2.39 bits per heavy atom. The van der Waals surface area contributed by atoms with E-state index in [4.69, 9.17) is 9.84 Å². The zero-order valence-electron chi connectivity index (χ0n) is 12.8. The summed E-state index contributed by atoms with van der Waals surface area (Å²) >= 11 is 0. The Labute approximate surface area is 134 Å². The van der Waals surface area contributed by atoms with Gasteiger partial charge >= 0.3 is 11.9 Å². The fourth-order valence-corrected chi connectivity index (χ4v) is 4.05. The van der Waals surface area contributed by atoms with Gasteiger partial charge in [0.1, 0.15) is 0 Å². The van der Waals surface area contributed by atoms with Crippen molar-refractivity contribution in [2.45, 2.75) is 19.1 Å². The molecule has 1 N–H and O–H groups in total. The Balaban J connectivity index is 1.94. The van der Waals surface area contributed by atoms with Crippen LogP contribution in [-0.2, 0) is 25.3 Å². The van der Waals surface area contributed by atoms with E-state index in [9.17, 15) is 18.0 Å². The molecular formula is C15H19NO6S. The second kappa shape index (κ2) is 7.10. The molecule has 0 radical (unpaired) electrons. The molecule has 0 aliphatic carbocycles. The number of carbonyl (C=O) groups is 2. The second-order valence-electron chi connectivity index (χ2n) is 5.45. The third-order valence-corrected chi connectivity index (χ3v) is 5.38. The highest BCUT2D eigenvalue weighted by Gasteiger charge is 2.36. The molecule has 7 nitrogen and oxygen atoms in total. The molecule has 0 saturated carbocycles. The summed E-state index contributed by atoms with van der Waals surface area (Å²) in [5.41, 5.74) is 0.943. The highest BCUT2D eigenvalue weighted by Crippen LogP contribution is 2.24. The number of nitrogens with zero attached hydrogens (tertiary/aromatic N) is 1. The van der Waals surface area contributed by atoms with Crippen LogP contribution in [0.3, 0.4) is 0 Å². The van der Waals surface area contributed by atoms with Crippen molar-refractivity contribution in [1.29, 1.82) is 0 Å². The molecule has 1 aliphatic rings. The molecule has 2 rings (SSSR count). The van der Waals surface area contributed by atoms with E-state index in [0.29, 0.717) is 11.1 Å². The Bertz CT molecular complexity index is 676. The van der Waals surface area contributed by atoms with Crippen LogP contribution in [0.25, 0.3) is 0 Å². The van der Waals surface area contributed by atoms with Gasteiger partial charge in [0.05, 0.1) is 24.3 Å². The van der Waals surface area contributed by atoms with E-state index in [-0.39, 0.29) is 37.8 Å². The number of carboxylic acids is 1. The first-order chi connectivity index (χ1) is 10.8. The third kappa shape index (κ3) is 4.52. The smallest absolute Gasteiger partial charge is 0.338 e. The summed E-state index contributed by atoms with van der Waals surface area (Å²) < 4.78 is 30.6. The second-order valence-corrected chi connectivity index (χ2v) is 7.42. The van der Waals surface area contributed by atoms with Crippen LogP contribution < -0.4 is 0 Å². The molecule has 1 aromatic carbocycles. The van der Waals surface area contributed by atoms with Gasteiger partial charge in [0.25, 0.3) is 0 Å². The number of ether oxygens (including phenoxy) is 1. The monoisotopic (exact) mass is 341 g/mol. The van der Waals surface area contributed by atoms with E-state index < -0.39 is 22.0 Å². The molecule has 0 spiro atoms. The average Bonchev–Trinajstić information content (AvgIpc) is 2.42. The lowest BCUT2D eigenvalue weighted by Crippen LogP contribution is -2.50. The molecule has 8 heteroatoms. The van der Waals surface area contributed by atoms with Crippen LogP contribution in [0, 0.1) is 5.92 Å². The minimum Gasteiger partial charge on any atom is -0.481 e. The molecule has 23 heavy (non-hydrogen) atoms. The zero-order valence-corrected chi connectivity index (χ0v) is 13.6. The first-order valence-electron chi connectivity index (χ1n) is 7.27. The van der Waals surface area contributed by atoms with Crippen molar-refractivity contribution in [3.8, 4) is 0 Å². The van der Waals surface area contributed by atoms with Crippen molar-refractivity contribution in [3.05, 3.63) is 35.4 Å². The van der Waals surface area contributed by atoms with Crippen molar-refractivity contribution in [2.24, 2.45) is 5.92 Å². The summed E-state index contributed by atoms with van der Waals surface area (Å²) in [4.78, 5) is 22.1. The van der Waals surface area contributed by atoms with E-state index in [1.807, 2.05) is 0 Å². The maximum Gasteiger partial charge on any atom is 0.338 e. The Hall–Kier alpha value is -1.93. The predicted molar refractivity (Wildman–Crippen MR) is 82.3 cm³/mol. The first kappa shape index (κ1) is 17.4. The van der Waals surface area contributed by atoms with Crippen molar-refractivity contribution < 1.29 is 27.9 Å². The molecule has 0 unspecified atom stereocenters. The number of sulfonamides is 1. The maximum absolute atomic E-state index is 12.2. The summed E-state index contributed by atoms with van der Waals surface area (Å²) in [5, 5.41) is 8.68. The molecule has 1 fully saturated rings. The van der Waals surface area contributed by atoms with Crippen molar-refractivity contribution in [1.82, 2.24) is 4.31 Å². The molecule has 1 saturated heterocycles. The fourth-order valence-electron chi connectivity index (χ4n) is 2.38. The lowest BCUT2D eigenvalue weighted by atomic mass is 10.00. The minimum atomic E-state index is -3.46. The summed E-state index contributed by atoms with van der Waals surface area (Å²) in [6, 6.07) is 6.23. The number of carbonyl (C=O) groups excluding carboxylic acids is 1. The van der Waals surface area contributed by atoms with Crippen LogP contribution in [0.4, 0.5) is 0 Å². The van der Waals surface area contributed by atoms with E-state index in [0.717, 1.165) is 0 Å². The normalized spacial score (nSPS) is 15.9. The third-order valence-electron chi connectivity index (χ3n) is 3.59. The molecule has 0 amide bonds. The molecular weight excluding hydrogens is 322 g/mol. The van der Waals surface area contributed by atoms with E-state index >= 15 is 0 Å². The predicted octanol–water partition coefficient (Wildman–Crippen LogP) is 1.10. The topological polar surface area (TPSA) is 101 Å². The standard InChI is InChI=1S/C15H19NO6S/c1-2-22-15(19)13-5-3-11(4-6-13)10-23(20,21)16-8-12(9-16)7-14(17)18/h3-6,12H,2,7-10H2,1H3,(H,17,18). The summed E-state index contributed by atoms with van der Waals surface area (Å²) in [5.74, 6) is -1.65. The van der Waals surface area contributed by atoms with Gasteiger partial charge in [-0.3, -0.25) is 4.79 Å². The van der Waals surface area contributed by atoms with Crippen LogP contribution in [0.5, 0.6) is 0 Å². The van der Waals surface area contributed by atoms with Gasteiger partial charge < -0.3 is 9.84 Å². The lowest BCUT2D eigenvalue weighted by molar-refractivity contribution is -0.139. The van der Waals surface area contributed by atoms with Gasteiger partial charge in [-0.1, -0.05) is 12.1 Å². The van der Waals surface area contributed by atoms with Gasteiger partial charge in [-0.2, -0.15) is 0 Å². The van der Waals surface area contributed by atoms with Gasteiger partial charge in [-0.15, -0.1) is 0 Å². The number of esters is 1. The van der Waals surface area contributed by atoms with Crippen molar-refractivity contribution in [2.75, 3.05) is 19.7 Å². The van der Waals surface area contributed by atoms with Crippen molar-refractivity contribution in [3.63, 3.8) is 0 Å². The van der Waals surface area contributed by atoms with Crippen LogP contribution >= 0.6 is 0 Å².